The monoisotopic (exact) mass is 241 g/mol. The van der Waals surface area contributed by atoms with Crippen LogP contribution in [0.5, 0.6) is 0 Å². The quantitative estimate of drug-likeness (QED) is 0.868. The van der Waals surface area contributed by atoms with Gasteiger partial charge in [0.2, 0.25) is 0 Å². The van der Waals surface area contributed by atoms with E-state index in [1.54, 1.807) is 0 Å². The van der Waals surface area contributed by atoms with Crippen LogP contribution in [0.3, 0.4) is 0 Å². The van der Waals surface area contributed by atoms with E-state index < -0.39 is 0 Å². The van der Waals surface area contributed by atoms with Gasteiger partial charge in [-0.15, -0.1) is 0 Å². The standard InChI is InChI=1S/C15H19N3/c1-12(14-7-8-14)18-15(9-10-17-18)16-11-13-5-3-2-4-6-13/h2-6,9-10,12,14,16H,7-8,11H2,1H3/t12-/m0/s1. The summed E-state index contributed by atoms with van der Waals surface area (Å²) in [5.74, 6) is 1.94. The fourth-order valence-corrected chi connectivity index (χ4v) is 2.35. The van der Waals surface area contributed by atoms with Crippen LogP contribution in [0.2, 0.25) is 0 Å². The highest BCUT2D eigenvalue weighted by Crippen LogP contribution is 2.40. The van der Waals surface area contributed by atoms with Crippen molar-refractivity contribution in [3.05, 3.63) is 48.2 Å². The Labute approximate surface area is 108 Å². The fraction of sp³-hybridized carbons (Fsp3) is 0.400. The number of aromatic nitrogens is 2. The smallest absolute Gasteiger partial charge is 0.124 e. The summed E-state index contributed by atoms with van der Waals surface area (Å²) in [5, 5.41) is 7.92. The average Bonchev–Trinajstić information content (AvgIpc) is 3.15. The molecule has 3 nitrogen and oxygen atoms in total. The third-order valence-electron chi connectivity index (χ3n) is 3.68. The molecule has 0 amide bonds. The zero-order valence-corrected chi connectivity index (χ0v) is 10.7. The van der Waals surface area contributed by atoms with Gasteiger partial charge in [-0.05, 0) is 31.2 Å². The summed E-state index contributed by atoms with van der Waals surface area (Å²) < 4.78 is 2.13. The molecule has 1 fully saturated rings. The summed E-state index contributed by atoms with van der Waals surface area (Å²) in [6.45, 7) is 3.11. The van der Waals surface area contributed by atoms with Crippen molar-refractivity contribution in [2.45, 2.75) is 32.4 Å². The maximum atomic E-state index is 4.44. The average molecular weight is 241 g/mol. The van der Waals surface area contributed by atoms with Crippen molar-refractivity contribution in [3.8, 4) is 0 Å². The number of hydrogen-bond acceptors (Lipinski definition) is 2. The van der Waals surface area contributed by atoms with Gasteiger partial charge in [0.25, 0.3) is 0 Å². The van der Waals surface area contributed by atoms with Crippen molar-refractivity contribution in [3.63, 3.8) is 0 Å². The van der Waals surface area contributed by atoms with Gasteiger partial charge < -0.3 is 5.32 Å². The Morgan fingerprint density at radius 2 is 2.06 bits per heavy atom. The SMILES string of the molecule is C[C@@H](C1CC1)n1nccc1NCc1ccccc1. The van der Waals surface area contributed by atoms with Crippen molar-refractivity contribution in [1.29, 1.82) is 0 Å². The highest BCUT2D eigenvalue weighted by atomic mass is 15.3. The number of anilines is 1. The predicted octanol–water partition coefficient (Wildman–Crippen LogP) is 3.47. The van der Waals surface area contributed by atoms with Crippen LogP contribution in [-0.4, -0.2) is 9.78 Å². The molecule has 2 aromatic rings. The maximum Gasteiger partial charge on any atom is 0.124 e. The van der Waals surface area contributed by atoms with Gasteiger partial charge in [-0.2, -0.15) is 5.10 Å². The first-order chi connectivity index (χ1) is 8.84. The number of hydrogen-bond donors (Lipinski definition) is 1. The number of rotatable bonds is 5. The second kappa shape index (κ2) is 4.84. The molecule has 0 saturated heterocycles. The topological polar surface area (TPSA) is 29.9 Å². The summed E-state index contributed by atoms with van der Waals surface area (Å²) in [6, 6.07) is 13.0. The highest BCUT2D eigenvalue weighted by molar-refractivity contribution is 5.36. The Morgan fingerprint density at radius 1 is 1.28 bits per heavy atom. The van der Waals surface area contributed by atoms with E-state index in [4.69, 9.17) is 0 Å². The van der Waals surface area contributed by atoms with Gasteiger partial charge in [-0.25, -0.2) is 4.68 Å². The van der Waals surface area contributed by atoms with E-state index in [2.05, 4.69) is 52.4 Å². The molecule has 0 bridgehead atoms. The van der Waals surface area contributed by atoms with E-state index >= 15 is 0 Å². The van der Waals surface area contributed by atoms with Crippen molar-refractivity contribution >= 4 is 5.82 Å². The Bertz CT molecular complexity index is 499. The van der Waals surface area contributed by atoms with Crippen LogP contribution in [0.25, 0.3) is 0 Å². The van der Waals surface area contributed by atoms with Gasteiger partial charge in [0.05, 0.1) is 12.2 Å². The van der Waals surface area contributed by atoms with E-state index in [0.717, 1.165) is 18.3 Å². The third kappa shape index (κ3) is 2.40. The molecule has 3 rings (SSSR count). The molecule has 1 N–H and O–H groups in total. The zero-order valence-electron chi connectivity index (χ0n) is 10.7. The number of nitrogens with zero attached hydrogens (tertiary/aromatic N) is 2. The second-order valence-electron chi connectivity index (χ2n) is 5.08. The van der Waals surface area contributed by atoms with Crippen LogP contribution in [0, 0.1) is 5.92 Å². The van der Waals surface area contributed by atoms with Gasteiger partial charge in [-0.3, -0.25) is 0 Å². The molecule has 0 aliphatic heterocycles. The van der Waals surface area contributed by atoms with E-state index in [-0.39, 0.29) is 0 Å². The molecular weight excluding hydrogens is 222 g/mol. The van der Waals surface area contributed by atoms with Crippen molar-refractivity contribution in [2.75, 3.05) is 5.32 Å². The molecule has 0 spiro atoms. The van der Waals surface area contributed by atoms with Crippen LogP contribution in [0.15, 0.2) is 42.6 Å². The molecule has 18 heavy (non-hydrogen) atoms. The minimum Gasteiger partial charge on any atom is -0.366 e. The third-order valence-corrected chi connectivity index (χ3v) is 3.68. The Balaban J connectivity index is 1.67. The fourth-order valence-electron chi connectivity index (χ4n) is 2.35. The molecule has 1 aromatic heterocycles. The van der Waals surface area contributed by atoms with Crippen LogP contribution < -0.4 is 5.32 Å². The minimum atomic E-state index is 0.512. The lowest BCUT2D eigenvalue weighted by Gasteiger charge is -2.16. The normalized spacial score (nSPS) is 16.5. The summed E-state index contributed by atoms with van der Waals surface area (Å²) in [7, 11) is 0. The second-order valence-corrected chi connectivity index (χ2v) is 5.08. The highest BCUT2D eigenvalue weighted by Gasteiger charge is 2.30. The molecule has 0 radical (unpaired) electrons. The Morgan fingerprint density at radius 3 is 2.78 bits per heavy atom. The summed E-state index contributed by atoms with van der Waals surface area (Å²) in [5.41, 5.74) is 1.30. The zero-order chi connectivity index (χ0) is 12.4. The van der Waals surface area contributed by atoms with Crippen molar-refractivity contribution in [2.24, 2.45) is 5.92 Å². The molecule has 1 aromatic carbocycles. The number of benzene rings is 1. The van der Waals surface area contributed by atoms with Gasteiger partial charge in [-0.1, -0.05) is 30.3 Å². The van der Waals surface area contributed by atoms with Gasteiger partial charge in [0.15, 0.2) is 0 Å². The molecule has 3 heteroatoms. The summed E-state index contributed by atoms with van der Waals surface area (Å²) >= 11 is 0. The lowest BCUT2D eigenvalue weighted by molar-refractivity contribution is 0.444. The van der Waals surface area contributed by atoms with Crippen LogP contribution in [-0.2, 0) is 6.54 Å². The first-order valence-electron chi connectivity index (χ1n) is 6.66. The molecule has 1 saturated carbocycles. The minimum absolute atomic E-state index is 0.512. The van der Waals surface area contributed by atoms with Crippen molar-refractivity contribution < 1.29 is 0 Å². The Hall–Kier alpha value is -1.77. The van der Waals surface area contributed by atoms with E-state index in [0.29, 0.717) is 6.04 Å². The van der Waals surface area contributed by atoms with Crippen LogP contribution in [0.4, 0.5) is 5.82 Å². The molecule has 1 heterocycles. The maximum absolute atomic E-state index is 4.44. The first kappa shape index (κ1) is 11.3. The van der Waals surface area contributed by atoms with Crippen molar-refractivity contribution in [1.82, 2.24) is 9.78 Å². The van der Waals surface area contributed by atoms with E-state index in [1.807, 2.05) is 12.3 Å². The lowest BCUT2D eigenvalue weighted by atomic mass is 10.2. The molecule has 1 aliphatic rings. The number of nitrogens with one attached hydrogen (secondary N) is 1. The van der Waals surface area contributed by atoms with E-state index in [9.17, 15) is 0 Å². The van der Waals surface area contributed by atoms with E-state index in [1.165, 1.54) is 18.4 Å². The molecule has 1 atom stereocenters. The molecular formula is C15H19N3. The molecule has 0 unspecified atom stereocenters. The van der Waals surface area contributed by atoms with Crippen LogP contribution >= 0.6 is 0 Å². The van der Waals surface area contributed by atoms with Gasteiger partial charge >= 0.3 is 0 Å². The molecule has 1 aliphatic carbocycles. The molecule has 94 valence electrons. The predicted molar refractivity (Wildman–Crippen MR) is 73.4 cm³/mol. The Kier molecular flexibility index (Phi) is 3.05. The van der Waals surface area contributed by atoms with Gasteiger partial charge in [0.1, 0.15) is 5.82 Å². The first-order valence-corrected chi connectivity index (χ1v) is 6.66. The summed E-state index contributed by atoms with van der Waals surface area (Å²) in [4.78, 5) is 0. The largest absolute Gasteiger partial charge is 0.366 e. The summed E-state index contributed by atoms with van der Waals surface area (Å²) in [6.07, 6.45) is 4.57. The van der Waals surface area contributed by atoms with Gasteiger partial charge in [0, 0.05) is 12.6 Å². The van der Waals surface area contributed by atoms with Crippen LogP contribution in [0.1, 0.15) is 31.4 Å². The lowest BCUT2D eigenvalue weighted by Crippen LogP contribution is -2.13.